The molecule has 1 heterocycles. The molecule has 0 saturated carbocycles. The Morgan fingerprint density at radius 3 is 2.52 bits per heavy atom. The Morgan fingerprint density at radius 2 is 1.85 bits per heavy atom. The first kappa shape index (κ1) is 24.8. The number of aromatic hydroxyl groups is 1. The highest BCUT2D eigenvalue weighted by Crippen LogP contribution is 2.31. The maximum atomic E-state index is 12.9. The molecule has 1 amide bonds. The molecule has 1 saturated heterocycles. The summed E-state index contributed by atoms with van der Waals surface area (Å²) in [5, 5.41) is 12.7. The van der Waals surface area contributed by atoms with Crippen molar-refractivity contribution in [3.05, 3.63) is 47.0 Å². The third-order valence-corrected chi connectivity index (χ3v) is 7.46. The van der Waals surface area contributed by atoms with E-state index in [0.29, 0.717) is 13.1 Å². The number of rotatable bonds is 7. The lowest BCUT2D eigenvalue weighted by Crippen LogP contribution is -2.35. The number of piperidine rings is 1. The van der Waals surface area contributed by atoms with E-state index in [1.807, 2.05) is 0 Å². The number of carbonyl (C=O) groups excluding carboxylic acids is 2. The fraction of sp³-hybridized carbons (Fsp3) is 0.364. The molecule has 1 fully saturated rings. The Kier molecular flexibility index (Phi) is 7.83. The van der Waals surface area contributed by atoms with E-state index in [9.17, 15) is 23.1 Å². The topological polar surface area (TPSA) is 122 Å². The largest absolute Gasteiger partial charge is 0.504 e. The highest BCUT2D eigenvalue weighted by Gasteiger charge is 2.27. The van der Waals surface area contributed by atoms with Crippen molar-refractivity contribution in [1.82, 2.24) is 4.31 Å². The molecule has 0 radical (unpaired) electrons. The van der Waals surface area contributed by atoms with Crippen molar-refractivity contribution in [3.8, 4) is 11.5 Å². The van der Waals surface area contributed by atoms with Crippen LogP contribution in [0.4, 0.5) is 5.69 Å². The second-order valence-corrected chi connectivity index (χ2v) is 9.84. The number of carbonyl (C=O) groups is 2. The van der Waals surface area contributed by atoms with Crippen molar-refractivity contribution in [2.75, 3.05) is 25.5 Å². The number of esters is 1. The molecule has 33 heavy (non-hydrogen) atoms. The second kappa shape index (κ2) is 10.4. The number of hydrogen-bond donors (Lipinski definition) is 2. The molecule has 0 bridgehead atoms. The third-order valence-electron chi connectivity index (χ3n) is 5.24. The summed E-state index contributed by atoms with van der Waals surface area (Å²) in [5.41, 5.74) is -0.0893. The summed E-state index contributed by atoms with van der Waals surface area (Å²) in [5.74, 6) is -1.97. The van der Waals surface area contributed by atoms with Gasteiger partial charge in [-0.05, 0) is 50.1 Å². The zero-order valence-corrected chi connectivity index (χ0v) is 19.8. The molecular formula is C22H25ClN2O7S. The molecule has 0 aliphatic carbocycles. The van der Waals surface area contributed by atoms with Crippen molar-refractivity contribution in [1.29, 1.82) is 0 Å². The Hall–Kier alpha value is -2.82. The first-order chi connectivity index (χ1) is 15.6. The van der Waals surface area contributed by atoms with Gasteiger partial charge in [-0.3, -0.25) is 4.79 Å². The first-order valence-electron chi connectivity index (χ1n) is 10.3. The average Bonchev–Trinajstić information content (AvgIpc) is 2.80. The van der Waals surface area contributed by atoms with Gasteiger partial charge in [-0.2, -0.15) is 4.31 Å². The predicted molar refractivity (Wildman–Crippen MR) is 122 cm³/mol. The predicted octanol–water partition coefficient (Wildman–Crippen LogP) is 3.41. The van der Waals surface area contributed by atoms with Crippen LogP contribution in [-0.4, -0.2) is 56.0 Å². The minimum absolute atomic E-state index is 0.00931. The molecule has 1 unspecified atom stereocenters. The molecular weight excluding hydrogens is 472 g/mol. The van der Waals surface area contributed by atoms with Gasteiger partial charge in [0.05, 0.1) is 22.7 Å². The van der Waals surface area contributed by atoms with E-state index in [0.717, 1.165) is 19.3 Å². The number of ether oxygens (including phenoxy) is 2. The van der Waals surface area contributed by atoms with Gasteiger partial charge in [0.25, 0.3) is 5.91 Å². The lowest BCUT2D eigenvalue weighted by atomic mass is 10.2. The number of anilines is 1. The lowest BCUT2D eigenvalue weighted by molar-refractivity contribution is -0.123. The van der Waals surface area contributed by atoms with Crippen LogP contribution < -0.4 is 10.1 Å². The van der Waals surface area contributed by atoms with Gasteiger partial charge in [0.1, 0.15) is 5.56 Å². The number of phenolic OH excluding ortho intramolecular Hbond substituents is 1. The number of benzene rings is 2. The molecule has 1 atom stereocenters. The van der Waals surface area contributed by atoms with Crippen LogP contribution >= 0.6 is 11.6 Å². The maximum absolute atomic E-state index is 12.9. The van der Waals surface area contributed by atoms with E-state index in [1.54, 1.807) is 0 Å². The molecule has 0 aromatic heterocycles. The number of methoxy groups -OCH3 is 1. The van der Waals surface area contributed by atoms with E-state index in [1.165, 1.54) is 54.7 Å². The van der Waals surface area contributed by atoms with Crippen molar-refractivity contribution in [2.45, 2.75) is 37.2 Å². The van der Waals surface area contributed by atoms with Gasteiger partial charge in [0, 0.05) is 13.1 Å². The third kappa shape index (κ3) is 5.58. The number of nitrogens with zero attached hydrogens (tertiary/aromatic N) is 1. The molecule has 1 aliphatic rings. The highest BCUT2D eigenvalue weighted by molar-refractivity contribution is 7.89. The van der Waals surface area contributed by atoms with Crippen LogP contribution in [0.15, 0.2) is 41.3 Å². The monoisotopic (exact) mass is 496 g/mol. The van der Waals surface area contributed by atoms with Gasteiger partial charge in [0.15, 0.2) is 17.6 Å². The molecule has 1 aliphatic heterocycles. The number of para-hydroxylation sites is 1. The summed E-state index contributed by atoms with van der Waals surface area (Å²) in [7, 11) is -2.39. The summed E-state index contributed by atoms with van der Waals surface area (Å²) >= 11 is 6.16. The minimum Gasteiger partial charge on any atom is -0.504 e. The molecule has 0 spiro atoms. The number of hydrogen-bond acceptors (Lipinski definition) is 7. The van der Waals surface area contributed by atoms with Crippen molar-refractivity contribution >= 4 is 39.2 Å². The minimum atomic E-state index is -3.73. The lowest BCUT2D eigenvalue weighted by Gasteiger charge is -2.26. The first-order valence-corrected chi connectivity index (χ1v) is 12.1. The van der Waals surface area contributed by atoms with E-state index in [-0.39, 0.29) is 26.9 Å². The number of halogens is 1. The van der Waals surface area contributed by atoms with Gasteiger partial charge in [0.2, 0.25) is 10.0 Å². The maximum Gasteiger partial charge on any atom is 0.342 e. The number of sulfonamides is 1. The van der Waals surface area contributed by atoms with Crippen LogP contribution in [0.1, 0.15) is 36.5 Å². The summed E-state index contributed by atoms with van der Waals surface area (Å²) in [6.07, 6.45) is 1.31. The van der Waals surface area contributed by atoms with Crippen LogP contribution in [0.2, 0.25) is 5.02 Å². The standard InChI is InChI=1S/C22H25ClN2O7S/c1-14(32-22(28)16-7-6-8-19(31-2)20(16)26)21(27)24-18-13-15(9-10-17(18)23)33(29,30)25-11-4-3-5-12-25/h6-10,13-14,26H,3-5,11-12H2,1-2H3,(H,24,27). The highest BCUT2D eigenvalue weighted by atomic mass is 35.5. The van der Waals surface area contributed by atoms with E-state index in [4.69, 9.17) is 21.1 Å². The van der Waals surface area contributed by atoms with Gasteiger partial charge in [-0.25, -0.2) is 13.2 Å². The summed E-state index contributed by atoms with van der Waals surface area (Å²) in [6.45, 7) is 2.22. The SMILES string of the molecule is COc1cccc(C(=O)OC(C)C(=O)Nc2cc(S(=O)(=O)N3CCCCC3)ccc2Cl)c1O. The van der Waals surface area contributed by atoms with Crippen molar-refractivity contribution in [2.24, 2.45) is 0 Å². The fourth-order valence-corrected chi connectivity index (χ4v) is 5.09. The number of nitrogens with one attached hydrogen (secondary N) is 1. The Balaban J connectivity index is 1.73. The molecule has 11 heteroatoms. The Labute approximate surface area is 197 Å². The molecule has 2 N–H and O–H groups in total. The molecule has 9 nitrogen and oxygen atoms in total. The molecule has 2 aromatic rings. The van der Waals surface area contributed by atoms with E-state index >= 15 is 0 Å². The summed E-state index contributed by atoms with van der Waals surface area (Å²) < 4.78 is 37.4. The van der Waals surface area contributed by atoms with Crippen LogP contribution in [0.3, 0.4) is 0 Å². The van der Waals surface area contributed by atoms with Gasteiger partial charge < -0.3 is 19.9 Å². The molecule has 178 valence electrons. The summed E-state index contributed by atoms with van der Waals surface area (Å²) in [6, 6.07) is 8.35. The Morgan fingerprint density at radius 1 is 1.15 bits per heavy atom. The molecule has 2 aromatic carbocycles. The smallest absolute Gasteiger partial charge is 0.342 e. The average molecular weight is 497 g/mol. The number of phenols is 1. The van der Waals surface area contributed by atoms with Crippen LogP contribution in [0, 0.1) is 0 Å². The van der Waals surface area contributed by atoms with Crippen LogP contribution in [0.25, 0.3) is 0 Å². The number of amides is 1. The molecule has 3 rings (SSSR count). The van der Waals surface area contributed by atoms with Crippen molar-refractivity contribution in [3.63, 3.8) is 0 Å². The fourth-order valence-electron chi connectivity index (χ4n) is 3.38. The normalized spacial score (nSPS) is 15.5. The van der Waals surface area contributed by atoms with Gasteiger partial charge >= 0.3 is 5.97 Å². The van der Waals surface area contributed by atoms with E-state index < -0.39 is 33.8 Å². The second-order valence-electron chi connectivity index (χ2n) is 7.50. The Bertz CT molecular complexity index is 1150. The quantitative estimate of drug-likeness (QED) is 0.563. The zero-order chi connectivity index (χ0) is 24.2. The van der Waals surface area contributed by atoms with Crippen molar-refractivity contribution < 1.29 is 32.6 Å². The van der Waals surface area contributed by atoms with Crippen LogP contribution in [0.5, 0.6) is 11.5 Å². The van der Waals surface area contributed by atoms with Gasteiger partial charge in [-0.1, -0.05) is 24.1 Å². The van der Waals surface area contributed by atoms with Gasteiger partial charge in [-0.15, -0.1) is 0 Å². The van der Waals surface area contributed by atoms with Crippen LogP contribution in [-0.2, 0) is 19.6 Å². The zero-order valence-electron chi connectivity index (χ0n) is 18.2. The van der Waals surface area contributed by atoms with E-state index in [2.05, 4.69) is 5.32 Å². The summed E-state index contributed by atoms with van der Waals surface area (Å²) in [4.78, 5) is 25.0.